The van der Waals surface area contributed by atoms with Gasteiger partial charge in [-0.15, -0.1) is 0 Å². The molecule has 0 heterocycles. The number of rotatable bonds is 7. The van der Waals surface area contributed by atoms with Crippen LogP contribution in [0.3, 0.4) is 0 Å². The van der Waals surface area contributed by atoms with Crippen LogP contribution in [0.2, 0.25) is 0 Å². The molecule has 0 aromatic rings. The topological polar surface area (TPSA) is 72.8 Å². The van der Waals surface area contributed by atoms with E-state index in [2.05, 4.69) is 26.8 Å². The Hall–Kier alpha value is -1.36. The van der Waals surface area contributed by atoms with Crippen LogP contribution in [0.4, 0.5) is 0 Å². The largest absolute Gasteiger partial charge is 0.469 e. The van der Waals surface area contributed by atoms with Gasteiger partial charge in [0.25, 0.3) is 0 Å². The molecule has 4 rings (SSSR count). The van der Waals surface area contributed by atoms with Gasteiger partial charge in [0.1, 0.15) is 6.10 Å². The number of ether oxygens (including phenoxy) is 2. The van der Waals surface area contributed by atoms with Gasteiger partial charge in [-0.1, -0.05) is 52.2 Å². The van der Waals surface area contributed by atoms with Gasteiger partial charge >= 0.3 is 11.9 Å². The lowest BCUT2D eigenvalue weighted by Gasteiger charge is -2.59. The van der Waals surface area contributed by atoms with Gasteiger partial charge in [0.2, 0.25) is 0 Å². The summed E-state index contributed by atoms with van der Waals surface area (Å²) >= 11 is 0. The summed E-state index contributed by atoms with van der Waals surface area (Å²) in [5, 5.41) is 11.5. The van der Waals surface area contributed by atoms with E-state index < -0.39 is 24.4 Å². The average Bonchev–Trinajstić information content (AvgIpc) is 3.19. The fourth-order valence-corrected chi connectivity index (χ4v) is 8.91. The maximum absolute atomic E-state index is 11.9. The van der Waals surface area contributed by atoms with Gasteiger partial charge in [0.05, 0.1) is 19.1 Å². The van der Waals surface area contributed by atoms with E-state index in [1.165, 1.54) is 19.6 Å². The Kier molecular flexibility index (Phi) is 6.99. The first-order valence-electron chi connectivity index (χ1n) is 14.9. The monoisotopic (exact) mass is 490 g/mol. The van der Waals surface area contributed by atoms with Crippen molar-refractivity contribution in [2.45, 2.75) is 111 Å². The van der Waals surface area contributed by atoms with Crippen molar-refractivity contribution in [3.8, 4) is 0 Å². The third-order valence-corrected chi connectivity index (χ3v) is 10.8. The van der Waals surface area contributed by atoms with Gasteiger partial charge in [-0.2, -0.15) is 0 Å². The van der Waals surface area contributed by atoms with E-state index in [0.29, 0.717) is 30.1 Å². The van der Waals surface area contributed by atoms with E-state index >= 15 is 0 Å². The summed E-state index contributed by atoms with van der Waals surface area (Å²) in [6.45, 7) is 10.2. The summed E-state index contributed by atoms with van der Waals surface area (Å²) in [5.74, 6) is 0.515. The molecule has 0 aromatic heterocycles. The molecule has 5 heteroatoms. The molecule has 10 atom stereocenters. The molecule has 4 aliphatic carbocycles. The summed E-state index contributed by atoms with van der Waals surface area (Å²) in [6, 6.07) is 0. The zero-order chi connectivity index (χ0) is 27.3. The number of carbonyl (C=O) groups excluding carboxylic acids is 2. The van der Waals surface area contributed by atoms with E-state index in [-0.39, 0.29) is 28.8 Å². The molecule has 3 saturated carbocycles. The van der Waals surface area contributed by atoms with E-state index in [4.69, 9.17) is 12.2 Å². The van der Waals surface area contributed by atoms with Crippen LogP contribution in [-0.2, 0) is 19.1 Å². The summed E-state index contributed by atoms with van der Waals surface area (Å²) in [5.41, 5.74) is 1.48. The Bertz CT molecular complexity index is 918. The molecular formula is C30H48O5. The Morgan fingerprint density at radius 2 is 1.91 bits per heavy atom. The summed E-state index contributed by atoms with van der Waals surface area (Å²) in [6.07, 6.45) is 8.20. The van der Waals surface area contributed by atoms with Crippen LogP contribution in [0, 0.1) is 46.3 Å². The maximum Gasteiger partial charge on any atom is 0.308 e. The lowest BCUT2D eigenvalue weighted by Crippen LogP contribution is -2.55. The lowest BCUT2D eigenvalue weighted by molar-refractivity contribution is -0.149. The zero-order valence-corrected chi connectivity index (χ0v) is 22.6. The minimum Gasteiger partial charge on any atom is -0.469 e. The van der Waals surface area contributed by atoms with Crippen molar-refractivity contribution in [2.75, 3.05) is 7.11 Å². The predicted molar refractivity (Wildman–Crippen MR) is 136 cm³/mol. The molecule has 0 aliphatic heterocycles. The fourth-order valence-electron chi connectivity index (χ4n) is 8.91. The Labute approximate surface area is 215 Å². The molecule has 1 unspecified atom stereocenters. The van der Waals surface area contributed by atoms with Gasteiger partial charge in [0, 0.05) is 16.1 Å². The number of esters is 2. The molecule has 198 valence electrons. The zero-order valence-electron chi connectivity index (χ0n) is 24.6. The average molecular weight is 491 g/mol. The third kappa shape index (κ3) is 4.83. The van der Waals surface area contributed by atoms with E-state index in [1.54, 1.807) is 6.92 Å². The highest BCUT2D eigenvalue weighted by Crippen LogP contribution is 2.67. The van der Waals surface area contributed by atoms with Crippen molar-refractivity contribution < 1.29 is 26.9 Å². The summed E-state index contributed by atoms with van der Waals surface area (Å²) < 4.78 is 27.3. The molecule has 0 bridgehead atoms. The number of carbonyl (C=O) groups is 2. The standard InChI is InChI=1S/C30H48O5/c1-18(8-7-9-19(2)28(33)34-6)23-10-11-24-27-25(13-15-30(23,24)5)29(4)14-12-22(35-20(3)31)16-21(29)17-26(27)32/h17-19,22-27,32H,7-16H2,1-6H3/t18-,19?,22+,23-,24+,25+,26-,27+,29+,30-/m1/s1/i9D2. The number of aliphatic hydroxyl groups is 1. The number of hydrogen-bond acceptors (Lipinski definition) is 5. The van der Waals surface area contributed by atoms with Crippen LogP contribution in [0.25, 0.3) is 0 Å². The molecule has 4 aliphatic rings. The number of fused-ring (bicyclic) bond motifs is 5. The molecule has 0 aromatic carbocycles. The van der Waals surface area contributed by atoms with Crippen molar-refractivity contribution in [3.63, 3.8) is 0 Å². The highest BCUT2D eigenvalue weighted by Gasteiger charge is 2.61. The van der Waals surface area contributed by atoms with E-state index in [9.17, 15) is 14.7 Å². The first-order chi connectivity index (χ1) is 17.2. The number of hydrogen-bond donors (Lipinski definition) is 1. The van der Waals surface area contributed by atoms with Gasteiger partial charge in [-0.3, -0.25) is 9.59 Å². The molecule has 0 saturated heterocycles. The van der Waals surface area contributed by atoms with Gasteiger partial charge in [-0.25, -0.2) is 0 Å². The van der Waals surface area contributed by atoms with Gasteiger partial charge in [0.15, 0.2) is 0 Å². The molecule has 0 radical (unpaired) electrons. The Morgan fingerprint density at radius 1 is 1.17 bits per heavy atom. The lowest BCUT2D eigenvalue weighted by atomic mass is 9.46. The van der Waals surface area contributed by atoms with Gasteiger partial charge < -0.3 is 14.6 Å². The maximum atomic E-state index is 11.9. The second-order valence-electron chi connectivity index (χ2n) is 12.6. The first-order valence-corrected chi connectivity index (χ1v) is 13.9. The quantitative estimate of drug-likeness (QED) is 0.346. The third-order valence-electron chi connectivity index (χ3n) is 10.8. The first kappa shape index (κ1) is 24.0. The van der Waals surface area contributed by atoms with E-state index in [0.717, 1.165) is 51.4 Å². The summed E-state index contributed by atoms with van der Waals surface area (Å²) in [7, 11) is 1.32. The predicted octanol–water partition coefficient (Wildman–Crippen LogP) is 6.08. The highest BCUT2D eigenvalue weighted by atomic mass is 16.5. The van der Waals surface area contributed by atoms with Crippen molar-refractivity contribution in [3.05, 3.63) is 11.6 Å². The Balaban J connectivity index is 1.48. The minimum atomic E-state index is -1.59. The number of aliphatic hydroxyl groups excluding tert-OH is 1. The van der Waals surface area contributed by atoms with Crippen LogP contribution in [0.1, 0.15) is 102 Å². The highest BCUT2D eigenvalue weighted by molar-refractivity contribution is 5.71. The molecule has 3 fully saturated rings. The second-order valence-corrected chi connectivity index (χ2v) is 12.6. The van der Waals surface area contributed by atoms with Crippen LogP contribution >= 0.6 is 0 Å². The fraction of sp³-hybridized carbons (Fsp3) is 0.867. The van der Waals surface area contributed by atoms with E-state index in [1.807, 2.05) is 0 Å². The smallest absolute Gasteiger partial charge is 0.308 e. The molecular weight excluding hydrogens is 440 g/mol. The van der Waals surface area contributed by atoms with Crippen molar-refractivity contribution in [1.82, 2.24) is 0 Å². The van der Waals surface area contributed by atoms with Gasteiger partial charge in [-0.05, 0) is 85.3 Å². The Morgan fingerprint density at radius 3 is 2.60 bits per heavy atom. The molecule has 35 heavy (non-hydrogen) atoms. The normalized spacial score (nSPS) is 43.3. The summed E-state index contributed by atoms with van der Waals surface area (Å²) in [4.78, 5) is 23.5. The van der Waals surface area contributed by atoms with Crippen molar-refractivity contribution in [2.24, 2.45) is 46.3 Å². The molecule has 0 amide bonds. The molecule has 1 N–H and O–H groups in total. The van der Waals surface area contributed by atoms with Crippen LogP contribution in [0.5, 0.6) is 0 Å². The second kappa shape index (κ2) is 10.2. The minimum absolute atomic E-state index is 0.0612. The molecule has 0 spiro atoms. The molecule has 5 nitrogen and oxygen atoms in total. The van der Waals surface area contributed by atoms with Crippen molar-refractivity contribution in [1.29, 1.82) is 0 Å². The van der Waals surface area contributed by atoms with Crippen LogP contribution < -0.4 is 0 Å². The number of methoxy groups -OCH3 is 1. The van der Waals surface area contributed by atoms with Crippen LogP contribution in [0.15, 0.2) is 11.6 Å². The SMILES string of the molecule is [2H]C([2H])(CC[C@@H](C)[C@H]1CC[C@H]2[C@@H]3[C@H](O)C=C4C[C@@H](OC(C)=O)CC[C@]4(C)[C@H]3CC[C@]12C)C(C)C(=O)OC. The van der Waals surface area contributed by atoms with Crippen LogP contribution in [-0.4, -0.2) is 36.4 Å². The van der Waals surface area contributed by atoms with Crippen molar-refractivity contribution >= 4 is 11.9 Å².